The van der Waals surface area contributed by atoms with Crippen LogP contribution in [0.15, 0.2) is 47.2 Å². The summed E-state index contributed by atoms with van der Waals surface area (Å²) in [4.78, 5) is 17.0. The first-order valence-electron chi connectivity index (χ1n) is 6.13. The summed E-state index contributed by atoms with van der Waals surface area (Å²) in [7, 11) is 0. The second-order valence-corrected chi connectivity index (χ2v) is 5.05. The highest BCUT2D eigenvalue weighted by molar-refractivity contribution is 9.10. The zero-order valence-electron chi connectivity index (χ0n) is 10.7. The summed E-state index contributed by atoms with van der Waals surface area (Å²) in [5.74, 6) is 0. The fraction of sp³-hybridized carbons (Fsp3) is 0.200. The van der Waals surface area contributed by atoms with Gasteiger partial charge in [0.2, 0.25) is 0 Å². The molecule has 0 saturated heterocycles. The summed E-state index contributed by atoms with van der Waals surface area (Å²) in [6.45, 7) is 3.82. The normalized spacial score (nSPS) is 10.2. The maximum atomic E-state index is 10.8. The van der Waals surface area contributed by atoms with E-state index in [2.05, 4.69) is 32.7 Å². The van der Waals surface area contributed by atoms with Crippen LogP contribution < -0.4 is 4.90 Å². The molecule has 2 aromatic rings. The quantitative estimate of drug-likeness (QED) is 0.788. The molecular formula is C15H15BrN2O. The number of aldehydes is 1. The van der Waals surface area contributed by atoms with Crippen LogP contribution in [0.1, 0.15) is 22.8 Å². The molecule has 19 heavy (non-hydrogen) atoms. The molecule has 3 nitrogen and oxygen atoms in total. The molecule has 1 aromatic heterocycles. The molecule has 0 bridgehead atoms. The molecule has 0 amide bonds. The van der Waals surface area contributed by atoms with E-state index in [1.807, 2.05) is 30.3 Å². The van der Waals surface area contributed by atoms with Crippen LogP contribution in [0.5, 0.6) is 0 Å². The van der Waals surface area contributed by atoms with E-state index in [0.29, 0.717) is 5.56 Å². The molecule has 0 aliphatic heterocycles. The molecule has 0 saturated carbocycles. The largest absolute Gasteiger partial charge is 0.367 e. The average molecular weight is 319 g/mol. The number of rotatable bonds is 5. The van der Waals surface area contributed by atoms with Crippen molar-refractivity contribution in [1.82, 2.24) is 4.98 Å². The van der Waals surface area contributed by atoms with Gasteiger partial charge in [0.1, 0.15) is 6.29 Å². The van der Waals surface area contributed by atoms with E-state index < -0.39 is 0 Å². The molecular weight excluding hydrogens is 304 g/mol. The summed E-state index contributed by atoms with van der Waals surface area (Å²) >= 11 is 3.53. The Bertz CT molecular complexity index is 557. The highest BCUT2D eigenvalue weighted by atomic mass is 79.9. The highest BCUT2D eigenvalue weighted by Crippen LogP contribution is 2.28. The van der Waals surface area contributed by atoms with Crippen molar-refractivity contribution in [1.29, 1.82) is 0 Å². The van der Waals surface area contributed by atoms with Crippen LogP contribution in [-0.2, 0) is 6.54 Å². The fourth-order valence-electron chi connectivity index (χ4n) is 1.93. The molecule has 0 N–H and O–H groups in total. The first-order valence-corrected chi connectivity index (χ1v) is 6.92. The molecule has 0 aliphatic rings. The molecule has 0 radical (unpaired) electrons. The highest BCUT2D eigenvalue weighted by Gasteiger charge is 2.09. The molecule has 98 valence electrons. The lowest BCUT2D eigenvalue weighted by molar-refractivity contribution is 0.112. The van der Waals surface area contributed by atoms with E-state index in [9.17, 15) is 4.79 Å². The van der Waals surface area contributed by atoms with E-state index in [4.69, 9.17) is 0 Å². The Morgan fingerprint density at radius 3 is 2.58 bits per heavy atom. The SMILES string of the molecule is CCN(Cc1ccncc1)c1ccc(C=O)cc1Br. The van der Waals surface area contributed by atoms with Gasteiger partial charge in [-0.25, -0.2) is 0 Å². The number of anilines is 1. The third-order valence-corrected chi connectivity index (χ3v) is 3.59. The Morgan fingerprint density at radius 1 is 1.26 bits per heavy atom. The lowest BCUT2D eigenvalue weighted by atomic mass is 10.2. The number of hydrogen-bond donors (Lipinski definition) is 0. The number of halogens is 1. The average Bonchev–Trinajstić information content (AvgIpc) is 2.46. The maximum absolute atomic E-state index is 10.8. The van der Waals surface area contributed by atoms with Gasteiger partial charge in [-0.1, -0.05) is 0 Å². The van der Waals surface area contributed by atoms with E-state index in [1.165, 1.54) is 5.56 Å². The Hall–Kier alpha value is -1.68. The topological polar surface area (TPSA) is 33.2 Å². The second-order valence-electron chi connectivity index (χ2n) is 4.20. The predicted octanol–water partition coefficient (Wildman–Crippen LogP) is 3.68. The van der Waals surface area contributed by atoms with Crippen LogP contribution in [0.3, 0.4) is 0 Å². The molecule has 0 fully saturated rings. The van der Waals surface area contributed by atoms with Gasteiger partial charge in [-0.2, -0.15) is 0 Å². The molecule has 1 aromatic carbocycles. The van der Waals surface area contributed by atoms with Gasteiger partial charge in [0.15, 0.2) is 0 Å². The number of carbonyl (C=O) groups is 1. The van der Waals surface area contributed by atoms with Gasteiger partial charge in [0.25, 0.3) is 0 Å². The van der Waals surface area contributed by atoms with Gasteiger partial charge in [-0.05, 0) is 58.7 Å². The smallest absolute Gasteiger partial charge is 0.150 e. The Balaban J connectivity index is 2.24. The zero-order valence-corrected chi connectivity index (χ0v) is 12.3. The number of pyridine rings is 1. The lowest BCUT2D eigenvalue weighted by Crippen LogP contribution is -2.22. The van der Waals surface area contributed by atoms with Crippen molar-refractivity contribution in [3.8, 4) is 0 Å². The monoisotopic (exact) mass is 318 g/mol. The third kappa shape index (κ3) is 3.41. The number of nitrogens with zero attached hydrogens (tertiary/aromatic N) is 2. The summed E-state index contributed by atoms with van der Waals surface area (Å²) < 4.78 is 0.938. The minimum atomic E-state index is 0.676. The van der Waals surface area contributed by atoms with Crippen LogP contribution in [0.2, 0.25) is 0 Å². The van der Waals surface area contributed by atoms with Gasteiger partial charge in [-0.15, -0.1) is 0 Å². The Kier molecular flexibility index (Phi) is 4.68. The molecule has 2 rings (SSSR count). The summed E-state index contributed by atoms with van der Waals surface area (Å²) in [6, 6.07) is 9.67. The van der Waals surface area contributed by atoms with Crippen molar-refractivity contribution in [3.63, 3.8) is 0 Å². The molecule has 4 heteroatoms. The van der Waals surface area contributed by atoms with Gasteiger partial charge < -0.3 is 4.90 Å². The number of hydrogen-bond acceptors (Lipinski definition) is 3. The Labute approximate surface area is 121 Å². The van der Waals surface area contributed by atoms with Crippen molar-refractivity contribution in [2.45, 2.75) is 13.5 Å². The van der Waals surface area contributed by atoms with Crippen molar-refractivity contribution >= 4 is 27.9 Å². The molecule has 0 spiro atoms. The van der Waals surface area contributed by atoms with Crippen LogP contribution in [0.25, 0.3) is 0 Å². The van der Waals surface area contributed by atoms with Gasteiger partial charge in [0.05, 0.1) is 5.69 Å². The zero-order chi connectivity index (χ0) is 13.7. The number of benzene rings is 1. The Morgan fingerprint density at radius 2 is 2.00 bits per heavy atom. The first kappa shape index (κ1) is 13.7. The minimum absolute atomic E-state index is 0.676. The minimum Gasteiger partial charge on any atom is -0.367 e. The molecule has 0 atom stereocenters. The van der Waals surface area contributed by atoms with Crippen molar-refractivity contribution in [2.75, 3.05) is 11.4 Å². The predicted molar refractivity (Wildman–Crippen MR) is 80.5 cm³/mol. The van der Waals surface area contributed by atoms with Gasteiger partial charge in [0, 0.05) is 35.5 Å². The summed E-state index contributed by atoms with van der Waals surface area (Å²) in [5.41, 5.74) is 2.98. The standard InChI is InChI=1S/C15H15BrN2O/c1-2-18(10-12-5-7-17-8-6-12)15-4-3-13(11-19)9-14(15)16/h3-9,11H,2,10H2,1H3. The first-order chi connectivity index (χ1) is 9.24. The van der Waals surface area contributed by atoms with E-state index in [0.717, 1.165) is 29.5 Å². The van der Waals surface area contributed by atoms with Crippen LogP contribution in [0, 0.1) is 0 Å². The van der Waals surface area contributed by atoms with Crippen molar-refractivity contribution in [3.05, 3.63) is 58.3 Å². The van der Waals surface area contributed by atoms with Crippen LogP contribution in [0.4, 0.5) is 5.69 Å². The van der Waals surface area contributed by atoms with E-state index >= 15 is 0 Å². The van der Waals surface area contributed by atoms with Gasteiger partial charge in [-0.3, -0.25) is 9.78 Å². The second kappa shape index (κ2) is 6.48. The maximum Gasteiger partial charge on any atom is 0.150 e. The van der Waals surface area contributed by atoms with Crippen molar-refractivity contribution < 1.29 is 4.79 Å². The lowest BCUT2D eigenvalue weighted by Gasteiger charge is -2.24. The fourth-order valence-corrected chi connectivity index (χ4v) is 2.58. The summed E-state index contributed by atoms with van der Waals surface area (Å²) in [5, 5.41) is 0. The molecule has 1 heterocycles. The van der Waals surface area contributed by atoms with Gasteiger partial charge >= 0.3 is 0 Å². The third-order valence-electron chi connectivity index (χ3n) is 2.95. The van der Waals surface area contributed by atoms with E-state index in [1.54, 1.807) is 12.4 Å². The van der Waals surface area contributed by atoms with E-state index in [-0.39, 0.29) is 0 Å². The summed E-state index contributed by atoms with van der Waals surface area (Å²) in [6.07, 6.45) is 4.45. The van der Waals surface area contributed by atoms with Crippen LogP contribution >= 0.6 is 15.9 Å². The molecule has 0 aliphatic carbocycles. The number of aromatic nitrogens is 1. The van der Waals surface area contributed by atoms with Crippen molar-refractivity contribution in [2.24, 2.45) is 0 Å². The van der Waals surface area contributed by atoms with Crippen LogP contribution in [-0.4, -0.2) is 17.8 Å². The number of carbonyl (C=O) groups excluding carboxylic acids is 1. The molecule has 0 unspecified atom stereocenters.